The molecule has 4 nitrogen and oxygen atoms in total. The first-order valence-electron chi connectivity index (χ1n) is 6.67. The highest BCUT2D eigenvalue weighted by molar-refractivity contribution is 6.37. The van der Waals surface area contributed by atoms with Crippen LogP contribution in [0.15, 0.2) is 6.07 Å². The second-order valence-electron chi connectivity index (χ2n) is 5.02. The lowest BCUT2D eigenvalue weighted by molar-refractivity contribution is 0.0302. The number of halogens is 2. The summed E-state index contributed by atoms with van der Waals surface area (Å²) in [5, 5.41) is 4.33. The van der Waals surface area contributed by atoms with E-state index in [1.54, 1.807) is 6.07 Å². The highest BCUT2D eigenvalue weighted by Gasteiger charge is 2.35. The van der Waals surface area contributed by atoms with E-state index in [9.17, 15) is 0 Å². The van der Waals surface area contributed by atoms with Gasteiger partial charge in [0.05, 0.1) is 22.3 Å². The summed E-state index contributed by atoms with van der Waals surface area (Å²) in [6.45, 7) is 4.51. The Balaban J connectivity index is 1.89. The first kappa shape index (κ1) is 13.3. The number of hydrogen-bond donors (Lipinski definition) is 1. The van der Waals surface area contributed by atoms with Crippen LogP contribution in [0, 0.1) is 0 Å². The summed E-state index contributed by atoms with van der Waals surface area (Å²) in [6.07, 6.45) is 2.89. The summed E-state index contributed by atoms with van der Waals surface area (Å²) in [4.78, 5) is 6.79. The fourth-order valence-electron chi connectivity index (χ4n) is 2.76. The smallest absolute Gasteiger partial charge is 0.150 e. The molecule has 2 aliphatic heterocycles. The summed E-state index contributed by atoms with van der Waals surface area (Å²) in [5.74, 6) is 1.50. The van der Waals surface area contributed by atoms with Gasteiger partial charge in [0.25, 0.3) is 0 Å². The molecular formula is C13H17Cl2N3O. The molecule has 2 saturated heterocycles. The second-order valence-corrected chi connectivity index (χ2v) is 5.83. The number of morpholine rings is 1. The van der Waals surface area contributed by atoms with Crippen molar-refractivity contribution in [2.75, 3.05) is 29.9 Å². The van der Waals surface area contributed by atoms with Gasteiger partial charge in [-0.25, -0.2) is 4.98 Å². The Labute approximate surface area is 123 Å². The lowest BCUT2D eigenvalue weighted by atomic mass is 10.2. The molecule has 6 heteroatoms. The van der Waals surface area contributed by atoms with Gasteiger partial charge in [-0.1, -0.05) is 23.2 Å². The van der Waals surface area contributed by atoms with Crippen molar-refractivity contribution in [2.24, 2.45) is 0 Å². The Bertz CT molecular complexity index is 471. The number of rotatable bonds is 3. The van der Waals surface area contributed by atoms with Crippen LogP contribution in [-0.4, -0.2) is 36.8 Å². The zero-order valence-electron chi connectivity index (χ0n) is 10.8. The summed E-state index contributed by atoms with van der Waals surface area (Å²) >= 11 is 12.4. The second kappa shape index (κ2) is 5.35. The predicted octanol–water partition coefficient (Wildman–Crippen LogP) is 3.19. The summed E-state index contributed by atoms with van der Waals surface area (Å²) < 4.78 is 5.84. The summed E-state index contributed by atoms with van der Waals surface area (Å²) in [5.41, 5.74) is 0. The SMILES string of the molecule is CCNc1nc(N2CC3CCC(C2)O3)c(Cl)cc1Cl. The molecule has 2 atom stereocenters. The van der Waals surface area contributed by atoms with Crippen LogP contribution in [0.1, 0.15) is 19.8 Å². The molecule has 3 heterocycles. The van der Waals surface area contributed by atoms with Gasteiger partial charge in [0, 0.05) is 19.6 Å². The molecule has 1 aromatic rings. The van der Waals surface area contributed by atoms with Crippen LogP contribution in [-0.2, 0) is 4.74 Å². The van der Waals surface area contributed by atoms with Crippen LogP contribution in [0.25, 0.3) is 0 Å². The molecule has 104 valence electrons. The third-order valence-corrected chi connectivity index (χ3v) is 4.16. The molecule has 1 N–H and O–H groups in total. The standard InChI is InChI=1S/C13H17Cl2N3O/c1-2-16-12-10(14)5-11(15)13(17-12)18-6-8-3-4-9(7-18)19-8/h5,8-9H,2-4,6-7H2,1H3,(H,16,17). The van der Waals surface area contributed by atoms with Crippen LogP contribution in [0.2, 0.25) is 10.0 Å². The number of ether oxygens (including phenoxy) is 1. The average Bonchev–Trinajstić information content (AvgIpc) is 2.72. The van der Waals surface area contributed by atoms with Gasteiger partial charge in [-0.3, -0.25) is 0 Å². The van der Waals surface area contributed by atoms with Crippen LogP contribution >= 0.6 is 23.2 Å². The first-order chi connectivity index (χ1) is 9.17. The number of nitrogens with one attached hydrogen (secondary N) is 1. The normalized spacial score (nSPS) is 25.7. The van der Waals surface area contributed by atoms with E-state index >= 15 is 0 Å². The Morgan fingerprint density at radius 3 is 2.63 bits per heavy atom. The fourth-order valence-corrected chi connectivity index (χ4v) is 3.30. The van der Waals surface area contributed by atoms with Gasteiger partial charge in [0.1, 0.15) is 11.6 Å². The van der Waals surface area contributed by atoms with E-state index in [2.05, 4.69) is 15.2 Å². The molecule has 0 amide bonds. The lowest BCUT2D eigenvalue weighted by Crippen LogP contribution is -2.43. The molecule has 2 fully saturated rings. The highest BCUT2D eigenvalue weighted by Crippen LogP contribution is 2.35. The number of aromatic nitrogens is 1. The van der Waals surface area contributed by atoms with E-state index in [1.165, 1.54) is 0 Å². The molecule has 0 aromatic carbocycles. The Morgan fingerprint density at radius 2 is 2.00 bits per heavy atom. The average molecular weight is 302 g/mol. The molecule has 2 unspecified atom stereocenters. The van der Waals surface area contributed by atoms with Gasteiger partial charge < -0.3 is 15.0 Å². The Hall–Kier alpha value is -0.710. The van der Waals surface area contributed by atoms with Crippen LogP contribution in [0.5, 0.6) is 0 Å². The zero-order valence-corrected chi connectivity index (χ0v) is 12.3. The first-order valence-corrected chi connectivity index (χ1v) is 7.43. The molecule has 2 aliphatic rings. The van der Waals surface area contributed by atoms with E-state index < -0.39 is 0 Å². The molecule has 19 heavy (non-hydrogen) atoms. The number of anilines is 2. The largest absolute Gasteiger partial charge is 0.371 e. The maximum Gasteiger partial charge on any atom is 0.150 e. The third-order valence-electron chi connectivity index (χ3n) is 3.60. The molecule has 2 bridgehead atoms. The lowest BCUT2D eigenvalue weighted by Gasteiger charge is -2.33. The number of nitrogens with zero attached hydrogens (tertiary/aromatic N) is 2. The summed E-state index contributed by atoms with van der Waals surface area (Å²) in [6, 6.07) is 1.76. The number of fused-ring (bicyclic) bond motifs is 2. The van der Waals surface area contributed by atoms with E-state index in [4.69, 9.17) is 27.9 Å². The number of hydrogen-bond acceptors (Lipinski definition) is 4. The third kappa shape index (κ3) is 2.62. The van der Waals surface area contributed by atoms with E-state index in [1.807, 2.05) is 6.92 Å². The quantitative estimate of drug-likeness (QED) is 0.930. The molecule has 0 saturated carbocycles. The van der Waals surface area contributed by atoms with Crippen molar-refractivity contribution in [1.29, 1.82) is 0 Å². The minimum absolute atomic E-state index is 0.315. The van der Waals surface area contributed by atoms with E-state index in [-0.39, 0.29) is 0 Å². The van der Waals surface area contributed by atoms with Gasteiger partial charge in [0.2, 0.25) is 0 Å². The van der Waals surface area contributed by atoms with Crippen molar-refractivity contribution in [3.05, 3.63) is 16.1 Å². The van der Waals surface area contributed by atoms with E-state index in [0.29, 0.717) is 28.1 Å². The van der Waals surface area contributed by atoms with Gasteiger partial charge in [-0.15, -0.1) is 0 Å². The Morgan fingerprint density at radius 1 is 1.32 bits per heavy atom. The van der Waals surface area contributed by atoms with Gasteiger partial charge in [0.15, 0.2) is 0 Å². The van der Waals surface area contributed by atoms with Crippen molar-refractivity contribution in [2.45, 2.75) is 32.0 Å². The van der Waals surface area contributed by atoms with Gasteiger partial charge >= 0.3 is 0 Å². The maximum atomic E-state index is 6.29. The maximum absolute atomic E-state index is 6.29. The minimum atomic E-state index is 0.315. The van der Waals surface area contributed by atoms with Crippen LogP contribution in [0.4, 0.5) is 11.6 Å². The monoisotopic (exact) mass is 301 g/mol. The highest BCUT2D eigenvalue weighted by atomic mass is 35.5. The van der Waals surface area contributed by atoms with Crippen LogP contribution in [0.3, 0.4) is 0 Å². The molecule has 0 radical (unpaired) electrons. The zero-order chi connectivity index (χ0) is 13.4. The van der Waals surface area contributed by atoms with Crippen molar-refractivity contribution in [1.82, 2.24) is 4.98 Å². The van der Waals surface area contributed by atoms with Gasteiger partial charge in [-0.2, -0.15) is 0 Å². The number of pyridine rings is 1. The van der Waals surface area contributed by atoms with Crippen LogP contribution < -0.4 is 10.2 Å². The van der Waals surface area contributed by atoms with E-state index in [0.717, 1.165) is 38.3 Å². The van der Waals surface area contributed by atoms with Crippen molar-refractivity contribution in [3.63, 3.8) is 0 Å². The molecule has 1 aromatic heterocycles. The molecule has 0 aliphatic carbocycles. The minimum Gasteiger partial charge on any atom is -0.371 e. The van der Waals surface area contributed by atoms with Crippen molar-refractivity contribution in [3.8, 4) is 0 Å². The topological polar surface area (TPSA) is 37.4 Å². The van der Waals surface area contributed by atoms with Crippen molar-refractivity contribution < 1.29 is 4.74 Å². The predicted molar refractivity (Wildman–Crippen MR) is 78.5 cm³/mol. The van der Waals surface area contributed by atoms with Gasteiger partial charge in [-0.05, 0) is 25.8 Å². The molecule has 3 rings (SSSR count). The van der Waals surface area contributed by atoms with Crippen molar-refractivity contribution >= 4 is 34.8 Å². The fraction of sp³-hybridized carbons (Fsp3) is 0.615. The summed E-state index contributed by atoms with van der Waals surface area (Å²) in [7, 11) is 0. The Kier molecular flexibility index (Phi) is 3.74. The molecule has 0 spiro atoms. The molecular weight excluding hydrogens is 285 g/mol.